The van der Waals surface area contributed by atoms with Gasteiger partial charge >= 0.3 is 0 Å². The number of rotatable bonds is 8. The summed E-state index contributed by atoms with van der Waals surface area (Å²) in [6, 6.07) is 0. The Kier molecular flexibility index (Phi) is 6.15. The van der Waals surface area contributed by atoms with E-state index < -0.39 is 0 Å². The minimum atomic E-state index is 0.581. The second-order valence-electron chi connectivity index (χ2n) is 7.51. The van der Waals surface area contributed by atoms with Crippen molar-refractivity contribution >= 4 is 0 Å². The van der Waals surface area contributed by atoms with Crippen LogP contribution in [0, 0.1) is 22.7 Å². The van der Waals surface area contributed by atoms with Crippen LogP contribution in [0.3, 0.4) is 0 Å². The molecular weight excluding hydrogens is 228 g/mol. The molecule has 0 heterocycles. The summed E-state index contributed by atoms with van der Waals surface area (Å²) in [6.45, 7) is 14.4. The van der Waals surface area contributed by atoms with Gasteiger partial charge in [-0.2, -0.15) is 0 Å². The van der Waals surface area contributed by atoms with Gasteiger partial charge in [0.1, 0.15) is 0 Å². The summed E-state index contributed by atoms with van der Waals surface area (Å²) in [7, 11) is 0. The molecule has 0 bridgehead atoms. The Morgan fingerprint density at radius 1 is 1.26 bits per heavy atom. The van der Waals surface area contributed by atoms with Gasteiger partial charge in [-0.3, -0.25) is 0 Å². The summed E-state index contributed by atoms with van der Waals surface area (Å²) in [5, 5.41) is 0. The lowest BCUT2D eigenvalue weighted by atomic mass is 9.41. The van der Waals surface area contributed by atoms with E-state index in [0.717, 1.165) is 11.8 Å². The molecule has 1 saturated carbocycles. The maximum atomic E-state index is 2.52. The molecule has 1 aliphatic carbocycles. The van der Waals surface area contributed by atoms with Crippen LogP contribution in [0.2, 0.25) is 0 Å². The molecule has 3 atom stereocenters. The molecule has 0 amide bonds. The number of hydrogen-bond acceptors (Lipinski definition) is 0. The van der Waals surface area contributed by atoms with Crippen molar-refractivity contribution in [3.63, 3.8) is 0 Å². The molecular formula is C19H36. The molecule has 1 fully saturated rings. The van der Waals surface area contributed by atoms with E-state index in [9.17, 15) is 0 Å². The Bertz CT molecular complexity index is 286. The Labute approximate surface area is 122 Å². The average Bonchev–Trinajstić information content (AvgIpc) is 2.33. The van der Waals surface area contributed by atoms with Crippen LogP contribution < -0.4 is 0 Å². The number of allylic oxidation sites excluding steroid dienone is 2. The van der Waals surface area contributed by atoms with Crippen molar-refractivity contribution in [2.75, 3.05) is 0 Å². The van der Waals surface area contributed by atoms with Crippen molar-refractivity contribution in [3.05, 3.63) is 12.2 Å². The molecule has 0 aromatic carbocycles. The van der Waals surface area contributed by atoms with Gasteiger partial charge in [0.25, 0.3) is 0 Å². The third kappa shape index (κ3) is 3.44. The van der Waals surface area contributed by atoms with Crippen LogP contribution in [0.1, 0.15) is 86.5 Å². The van der Waals surface area contributed by atoms with E-state index in [1.165, 1.54) is 44.9 Å². The van der Waals surface area contributed by atoms with Crippen LogP contribution in [0.15, 0.2) is 12.2 Å². The van der Waals surface area contributed by atoms with E-state index in [4.69, 9.17) is 0 Å². The summed E-state index contributed by atoms with van der Waals surface area (Å²) in [5.41, 5.74) is 1.23. The zero-order valence-electron chi connectivity index (χ0n) is 14.3. The molecule has 1 aliphatic rings. The fourth-order valence-electron chi connectivity index (χ4n) is 5.16. The predicted octanol–water partition coefficient (Wildman–Crippen LogP) is 6.61. The van der Waals surface area contributed by atoms with Crippen molar-refractivity contribution in [1.29, 1.82) is 0 Å². The van der Waals surface area contributed by atoms with Gasteiger partial charge in [-0.1, -0.05) is 66.0 Å². The van der Waals surface area contributed by atoms with E-state index in [0.29, 0.717) is 10.8 Å². The van der Waals surface area contributed by atoms with Gasteiger partial charge in [-0.15, -0.1) is 0 Å². The van der Waals surface area contributed by atoms with Crippen LogP contribution in [0.4, 0.5) is 0 Å². The number of unbranched alkanes of at least 4 members (excludes halogenated alkanes) is 1. The van der Waals surface area contributed by atoms with Gasteiger partial charge in [0.2, 0.25) is 0 Å². The molecule has 0 aromatic rings. The van der Waals surface area contributed by atoms with Gasteiger partial charge in [0, 0.05) is 0 Å². The fourth-order valence-corrected chi connectivity index (χ4v) is 5.16. The highest BCUT2D eigenvalue weighted by molar-refractivity contribution is 5.07. The molecule has 112 valence electrons. The quantitative estimate of drug-likeness (QED) is 0.342. The van der Waals surface area contributed by atoms with E-state index in [1.807, 2.05) is 0 Å². The molecule has 0 aliphatic heterocycles. The summed E-state index contributed by atoms with van der Waals surface area (Å²) in [6.07, 6.45) is 14.2. The highest BCUT2D eigenvalue weighted by Gasteiger charge is 2.58. The molecule has 3 unspecified atom stereocenters. The third-order valence-corrected chi connectivity index (χ3v) is 5.78. The second-order valence-corrected chi connectivity index (χ2v) is 7.51. The lowest BCUT2D eigenvalue weighted by molar-refractivity contribution is -0.150. The van der Waals surface area contributed by atoms with Crippen LogP contribution >= 0.6 is 0 Å². The summed E-state index contributed by atoms with van der Waals surface area (Å²) in [5.74, 6) is 1.84. The Hall–Kier alpha value is -0.260. The highest BCUT2D eigenvalue weighted by atomic mass is 14.6. The predicted molar refractivity (Wildman–Crippen MR) is 87.3 cm³/mol. The third-order valence-electron chi connectivity index (χ3n) is 5.78. The van der Waals surface area contributed by atoms with Gasteiger partial charge in [-0.25, -0.2) is 0 Å². The average molecular weight is 264 g/mol. The maximum Gasteiger partial charge on any atom is -0.0233 e. The van der Waals surface area contributed by atoms with Crippen LogP contribution in [-0.2, 0) is 0 Å². The van der Waals surface area contributed by atoms with E-state index in [2.05, 4.69) is 53.7 Å². The minimum absolute atomic E-state index is 0.581. The minimum Gasteiger partial charge on any atom is -0.0917 e. The SMILES string of the molecule is CC=CCCCC1(C(C)CCC)CC(C)(C)C1CC. The first-order chi connectivity index (χ1) is 8.94. The van der Waals surface area contributed by atoms with Crippen molar-refractivity contribution in [1.82, 2.24) is 0 Å². The van der Waals surface area contributed by atoms with Gasteiger partial charge in [-0.05, 0) is 55.3 Å². The van der Waals surface area contributed by atoms with Gasteiger partial charge < -0.3 is 0 Å². The molecule has 19 heavy (non-hydrogen) atoms. The molecule has 0 N–H and O–H groups in total. The first-order valence-electron chi connectivity index (χ1n) is 8.55. The highest BCUT2D eigenvalue weighted by Crippen LogP contribution is 2.66. The zero-order valence-corrected chi connectivity index (χ0v) is 14.3. The maximum absolute atomic E-state index is 2.52. The van der Waals surface area contributed by atoms with E-state index >= 15 is 0 Å². The number of hydrogen-bond donors (Lipinski definition) is 0. The summed E-state index contributed by atoms with van der Waals surface area (Å²) >= 11 is 0. The van der Waals surface area contributed by atoms with Crippen molar-refractivity contribution in [2.45, 2.75) is 86.5 Å². The standard InChI is InChI=1S/C19H36/c1-7-10-11-12-14-19(16(4)13-8-2)15-18(5,6)17(19)9-3/h7,10,16-17H,8-9,11-15H2,1-6H3. The largest absolute Gasteiger partial charge is 0.0917 e. The fraction of sp³-hybridized carbons (Fsp3) is 0.895. The summed E-state index contributed by atoms with van der Waals surface area (Å²) in [4.78, 5) is 0. The van der Waals surface area contributed by atoms with Crippen molar-refractivity contribution in [2.24, 2.45) is 22.7 Å². The summed E-state index contributed by atoms with van der Waals surface area (Å²) < 4.78 is 0. The molecule has 0 radical (unpaired) electrons. The molecule has 1 rings (SSSR count). The van der Waals surface area contributed by atoms with Crippen LogP contribution in [0.5, 0.6) is 0 Å². The second kappa shape index (κ2) is 6.95. The normalized spacial score (nSPS) is 31.4. The van der Waals surface area contributed by atoms with Gasteiger partial charge in [0.15, 0.2) is 0 Å². The monoisotopic (exact) mass is 264 g/mol. The molecule has 0 saturated heterocycles. The smallest absolute Gasteiger partial charge is 0.0233 e. The lowest BCUT2D eigenvalue weighted by Gasteiger charge is -2.64. The first kappa shape index (κ1) is 16.8. The molecule has 0 nitrogen and oxygen atoms in total. The van der Waals surface area contributed by atoms with Crippen molar-refractivity contribution < 1.29 is 0 Å². The Morgan fingerprint density at radius 2 is 1.95 bits per heavy atom. The van der Waals surface area contributed by atoms with E-state index in [1.54, 1.807) is 0 Å². The molecule has 0 spiro atoms. The first-order valence-corrected chi connectivity index (χ1v) is 8.55. The van der Waals surface area contributed by atoms with Crippen molar-refractivity contribution in [3.8, 4) is 0 Å². The topological polar surface area (TPSA) is 0 Å². The Balaban J connectivity index is 2.75. The van der Waals surface area contributed by atoms with Crippen LogP contribution in [0.25, 0.3) is 0 Å². The van der Waals surface area contributed by atoms with Gasteiger partial charge in [0.05, 0.1) is 0 Å². The molecule has 0 heteroatoms. The van der Waals surface area contributed by atoms with E-state index in [-0.39, 0.29) is 0 Å². The molecule has 0 aromatic heterocycles. The lowest BCUT2D eigenvalue weighted by Crippen LogP contribution is -2.56. The van der Waals surface area contributed by atoms with Crippen LogP contribution in [-0.4, -0.2) is 0 Å². The Morgan fingerprint density at radius 3 is 2.42 bits per heavy atom. The zero-order chi connectivity index (χ0) is 14.5.